The zero-order valence-electron chi connectivity index (χ0n) is 19.3. The van der Waals surface area contributed by atoms with Gasteiger partial charge in [0.2, 0.25) is 11.9 Å². The molecule has 0 aromatic carbocycles. The molecule has 36 heavy (non-hydrogen) atoms. The number of primary amides is 1. The summed E-state index contributed by atoms with van der Waals surface area (Å²) in [5.41, 5.74) is 7.38. The number of nitrogens with zero attached hydrogens (tertiary/aromatic N) is 6. The standard InChI is InChI=1S/C24H22F2N8O2/c1-14-8-16(10-30-19(14)20(28)35)31-22-29-6-2-18(32-22)15-3-7-34(11-15)23(4-5-27)12-33(13-23)21(36)17-9-24(17,25)26/h2-3,6-8,10-11,17H,4,9,12-13H2,1H3,(H2,28,35)(H,29,31,32)/t17-/m0/s1. The van der Waals surface area contributed by atoms with Crippen molar-refractivity contribution in [2.75, 3.05) is 18.4 Å². The van der Waals surface area contributed by atoms with Gasteiger partial charge in [-0.3, -0.25) is 9.59 Å². The van der Waals surface area contributed by atoms with Gasteiger partial charge in [-0.05, 0) is 30.7 Å². The normalized spacial score (nSPS) is 19.2. The van der Waals surface area contributed by atoms with Gasteiger partial charge in [0, 0.05) is 43.7 Å². The average molecular weight is 492 g/mol. The van der Waals surface area contributed by atoms with Gasteiger partial charge in [0.15, 0.2) is 0 Å². The van der Waals surface area contributed by atoms with E-state index in [1.165, 1.54) is 11.1 Å². The first-order valence-corrected chi connectivity index (χ1v) is 11.2. The number of aryl methyl sites for hydroxylation is 1. The van der Waals surface area contributed by atoms with Crippen LogP contribution in [0, 0.1) is 24.2 Å². The van der Waals surface area contributed by atoms with Crippen LogP contribution in [-0.2, 0) is 10.3 Å². The lowest BCUT2D eigenvalue weighted by Gasteiger charge is -2.50. The molecule has 2 fully saturated rings. The average Bonchev–Trinajstić information content (AvgIpc) is 3.20. The summed E-state index contributed by atoms with van der Waals surface area (Å²) in [6, 6.07) is 7.43. The highest BCUT2D eigenvalue weighted by Gasteiger charge is 2.64. The van der Waals surface area contributed by atoms with Gasteiger partial charge in [-0.25, -0.2) is 23.7 Å². The van der Waals surface area contributed by atoms with Crippen LogP contribution in [0.4, 0.5) is 20.4 Å². The number of amides is 2. The molecule has 1 aliphatic carbocycles. The van der Waals surface area contributed by atoms with E-state index in [0.717, 1.165) is 5.56 Å². The number of anilines is 2. The molecule has 0 radical (unpaired) electrons. The van der Waals surface area contributed by atoms with E-state index in [1.807, 2.05) is 16.8 Å². The van der Waals surface area contributed by atoms with E-state index in [0.29, 0.717) is 22.9 Å². The first-order chi connectivity index (χ1) is 17.1. The fourth-order valence-electron chi connectivity index (χ4n) is 4.49. The predicted octanol–water partition coefficient (Wildman–Crippen LogP) is 2.60. The van der Waals surface area contributed by atoms with Crippen LogP contribution in [0.3, 0.4) is 0 Å². The smallest absolute Gasteiger partial charge is 0.267 e. The van der Waals surface area contributed by atoms with Crippen LogP contribution in [0.15, 0.2) is 43.0 Å². The monoisotopic (exact) mass is 492 g/mol. The number of aromatic nitrogens is 4. The van der Waals surface area contributed by atoms with Gasteiger partial charge < -0.3 is 20.5 Å². The molecule has 12 heteroatoms. The number of hydrogen-bond donors (Lipinski definition) is 2. The molecule has 3 N–H and O–H groups in total. The number of rotatable bonds is 7. The molecule has 2 amide bonds. The van der Waals surface area contributed by atoms with E-state index in [4.69, 9.17) is 5.73 Å². The van der Waals surface area contributed by atoms with Gasteiger partial charge in [0.25, 0.3) is 11.8 Å². The summed E-state index contributed by atoms with van der Waals surface area (Å²) in [7, 11) is 0. The highest BCUT2D eigenvalue weighted by molar-refractivity contribution is 5.92. The minimum atomic E-state index is -2.91. The van der Waals surface area contributed by atoms with Crippen LogP contribution in [0.5, 0.6) is 0 Å². The van der Waals surface area contributed by atoms with Crippen molar-refractivity contribution in [1.29, 1.82) is 5.26 Å². The van der Waals surface area contributed by atoms with Crippen molar-refractivity contribution in [2.45, 2.75) is 31.2 Å². The van der Waals surface area contributed by atoms with E-state index in [1.54, 1.807) is 31.5 Å². The Morgan fingerprint density at radius 1 is 1.31 bits per heavy atom. The van der Waals surface area contributed by atoms with Gasteiger partial charge in [-0.1, -0.05) is 0 Å². The molecule has 1 saturated heterocycles. The highest BCUT2D eigenvalue weighted by atomic mass is 19.3. The van der Waals surface area contributed by atoms with Crippen molar-refractivity contribution in [3.63, 3.8) is 0 Å². The van der Waals surface area contributed by atoms with Crippen molar-refractivity contribution in [1.82, 2.24) is 24.4 Å². The van der Waals surface area contributed by atoms with E-state index in [2.05, 4.69) is 26.3 Å². The molecule has 2 aliphatic rings. The summed E-state index contributed by atoms with van der Waals surface area (Å²) in [5, 5.41) is 12.4. The summed E-state index contributed by atoms with van der Waals surface area (Å²) < 4.78 is 28.5. The molecule has 3 aromatic rings. The topological polar surface area (TPSA) is 143 Å². The van der Waals surface area contributed by atoms with E-state index >= 15 is 0 Å². The minimum absolute atomic E-state index is 0.135. The molecule has 5 rings (SSSR count). The van der Waals surface area contributed by atoms with Crippen molar-refractivity contribution >= 4 is 23.5 Å². The number of nitrogens with one attached hydrogen (secondary N) is 1. The van der Waals surface area contributed by atoms with Crippen LogP contribution in [-0.4, -0.2) is 55.2 Å². The van der Waals surface area contributed by atoms with Crippen molar-refractivity contribution in [3.05, 3.63) is 54.2 Å². The fraction of sp³-hybridized carbons (Fsp3) is 0.333. The molecular formula is C24H22F2N8O2. The van der Waals surface area contributed by atoms with Crippen LogP contribution in [0.25, 0.3) is 11.3 Å². The summed E-state index contributed by atoms with van der Waals surface area (Å²) in [5.74, 6) is -5.01. The Kier molecular flexibility index (Phi) is 5.43. The van der Waals surface area contributed by atoms with Crippen LogP contribution in [0.2, 0.25) is 0 Å². The Bertz CT molecular complexity index is 1410. The summed E-state index contributed by atoms with van der Waals surface area (Å²) in [6.45, 7) is 2.12. The molecule has 1 saturated carbocycles. The first-order valence-electron chi connectivity index (χ1n) is 11.2. The number of pyridine rings is 1. The van der Waals surface area contributed by atoms with Gasteiger partial charge >= 0.3 is 0 Å². The number of hydrogen-bond acceptors (Lipinski definition) is 7. The summed E-state index contributed by atoms with van der Waals surface area (Å²) in [6.07, 6.45) is 6.40. The molecule has 184 valence electrons. The summed E-state index contributed by atoms with van der Waals surface area (Å²) in [4.78, 5) is 37.9. The number of halogens is 2. The van der Waals surface area contributed by atoms with Crippen LogP contribution in [0.1, 0.15) is 28.9 Å². The third-order valence-corrected chi connectivity index (χ3v) is 6.57. The summed E-state index contributed by atoms with van der Waals surface area (Å²) >= 11 is 0. The molecule has 1 aliphatic heterocycles. The molecular weight excluding hydrogens is 470 g/mol. The lowest BCUT2D eigenvalue weighted by molar-refractivity contribution is -0.145. The largest absolute Gasteiger partial charge is 0.364 e. The lowest BCUT2D eigenvalue weighted by atomic mass is 9.86. The second-order valence-corrected chi connectivity index (χ2v) is 9.22. The zero-order chi connectivity index (χ0) is 25.7. The quantitative estimate of drug-likeness (QED) is 0.516. The predicted molar refractivity (Wildman–Crippen MR) is 124 cm³/mol. The molecule has 10 nitrogen and oxygen atoms in total. The van der Waals surface area contributed by atoms with Crippen molar-refractivity contribution < 1.29 is 18.4 Å². The molecule has 4 heterocycles. The maximum absolute atomic E-state index is 13.3. The Labute approximate surface area is 204 Å². The number of nitriles is 1. The number of carbonyl (C=O) groups excluding carboxylic acids is 2. The van der Waals surface area contributed by atoms with Crippen LogP contribution < -0.4 is 11.1 Å². The minimum Gasteiger partial charge on any atom is -0.364 e. The first kappa shape index (κ1) is 23.3. The molecule has 0 spiro atoms. The Morgan fingerprint density at radius 2 is 2.06 bits per heavy atom. The zero-order valence-corrected chi connectivity index (χ0v) is 19.3. The van der Waals surface area contributed by atoms with E-state index in [-0.39, 0.29) is 25.2 Å². The lowest BCUT2D eigenvalue weighted by Crippen LogP contribution is -2.64. The maximum atomic E-state index is 13.3. The highest BCUT2D eigenvalue weighted by Crippen LogP contribution is 2.51. The van der Waals surface area contributed by atoms with Crippen molar-refractivity contribution in [2.24, 2.45) is 11.7 Å². The number of alkyl halides is 2. The number of carbonyl (C=O) groups is 2. The SMILES string of the molecule is Cc1cc(Nc2nccc(-c3ccn(C4(CC#N)CN(C(=O)[C@@H]5CC5(F)F)C4)c3)n2)cnc1C(N)=O. The van der Waals surface area contributed by atoms with E-state index < -0.39 is 35.6 Å². The third kappa shape index (κ3) is 4.13. The Balaban J connectivity index is 1.32. The molecule has 0 unspecified atom stereocenters. The van der Waals surface area contributed by atoms with Gasteiger partial charge in [-0.15, -0.1) is 0 Å². The van der Waals surface area contributed by atoms with Gasteiger partial charge in [-0.2, -0.15) is 5.26 Å². The third-order valence-electron chi connectivity index (χ3n) is 6.57. The second kappa shape index (κ2) is 8.37. The Hall–Kier alpha value is -4.40. The molecule has 1 atom stereocenters. The van der Waals surface area contributed by atoms with Gasteiger partial charge in [0.1, 0.15) is 11.6 Å². The number of nitrogens with two attached hydrogens (primary N) is 1. The Morgan fingerprint density at radius 3 is 2.69 bits per heavy atom. The molecule has 0 bridgehead atoms. The van der Waals surface area contributed by atoms with Gasteiger partial charge in [0.05, 0.1) is 35.6 Å². The maximum Gasteiger partial charge on any atom is 0.267 e. The fourth-order valence-corrected chi connectivity index (χ4v) is 4.49. The van der Waals surface area contributed by atoms with E-state index in [9.17, 15) is 23.6 Å². The second-order valence-electron chi connectivity index (χ2n) is 9.22. The van der Waals surface area contributed by atoms with Crippen LogP contribution >= 0.6 is 0 Å². The van der Waals surface area contributed by atoms with Crippen molar-refractivity contribution in [3.8, 4) is 17.3 Å². The number of likely N-dealkylation sites (tertiary alicyclic amines) is 1. The molecule has 3 aromatic heterocycles.